The van der Waals surface area contributed by atoms with E-state index in [1.165, 1.54) is 0 Å². The second-order valence-corrected chi connectivity index (χ2v) is 12.8. The molecule has 6 aromatic rings. The number of fused-ring (bicyclic) bond motifs is 1. The second-order valence-electron chi connectivity index (χ2n) is 12.8. The molecule has 0 saturated carbocycles. The van der Waals surface area contributed by atoms with Gasteiger partial charge in [0.1, 0.15) is 0 Å². The van der Waals surface area contributed by atoms with Crippen LogP contribution in [0, 0.1) is 0 Å². The molecule has 0 spiro atoms. The summed E-state index contributed by atoms with van der Waals surface area (Å²) in [5, 5.41) is 0. The minimum atomic E-state index is -0.257. The zero-order chi connectivity index (χ0) is 39.9. The number of anilines is 3. The first-order chi connectivity index (χ1) is 27.4. The third kappa shape index (κ3) is 9.44. The first-order valence-electron chi connectivity index (χ1n) is 19.1. The molecule has 6 aromatic carbocycles. The lowest BCUT2D eigenvalue weighted by molar-refractivity contribution is 0.0990. The van der Waals surface area contributed by atoms with Crippen LogP contribution in [0.15, 0.2) is 188 Å². The Kier molecular flexibility index (Phi) is 14.4. The molecule has 0 saturated heterocycles. The van der Waals surface area contributed by atoms with E-state index in [-0.39, 0.29) is 17.1 Å². The molecule has 0 atom stereocenters. The summed E-state index contributed by atoms with van der Waals surface area (Å²) < 4.78 is 0. The van der Waals surface area contributed by atoms with E-state index in [0.717, 1.165) is 56.0 Å². The molecule has 3 heteroatoms. The van der Waals surface area contributed by atoms with Crippen molar-refractivity contribution in [1.82, 2.24) is 0 Å². The highest BCUT2D eigenvalue weighted by Gasteiger charge is 2.33. The molecule has 0 unspecified atom stereocenters. The Morgan fingerprint density at radius 3 is 1.27 bits per heavy atom. The van der Waals surface area contributed by atoms with Crippen molar-refractivity contribution in [2.75, 3.05) is 4.90 Å². The van der Waals surface area contributed by atoms with Crippen LogP contribution in [0.5, 0.6) is 0 Å². The van der Waals surface area contributed by atoms with Crippen molar-refractivity contribution in [3.8, 4) is 22.3 Å². The minimum absolute atomic E-state index is 0.176. The van der Waals surface area contributed by atoms with E-state index in [4.69, 9.17) is 0 Å². The van der Waals surface area contributed by atoms with Gasteiger partial charge >= 0.3 is 0 Å². The van der Waals surface area contributed by atoms with Crippen LogP contribution in [-0.4, -0.2) is 11.6 Å². The Hall–Kier alpha value is -6.84. The van der Waals surface area contributed by atoms with Crippen LogP contribution < -0.4 is 4.90 Å². The van der Waals surface area contributed by atoms with E-state index in [1.807, 2.05) is 132 Å². The molecular weight excluding hydrogens is 683 g/mol. The molecule has 0 N–H and O–H groups in total. The fourth-order valence-electron chi connectivity index (χ4n) is 6.46. The average molecular weight is 732 g/mol. The van der Waals surface area contributed by atoms with Crippen LogP contribution in [-0.2, 0) is 0 Å². The van der Waals surface area contributed by atoms with Crippen molar-refractivity contribution in [1.29, 1.82) is 0 Å². The summed E-state index contributed by atoms with van der Waals surface area (Å²) in [5.41, 5.74) is 11.1. The number of Topliss-reactive ketones (excluding diaryl/α,β-unsaturated/α-hetero) is 2. The molecule has 3 nitrogen and oxygen atoms in total. The molecule has 1 aliphatic carbocycles. The Balaban J connectivity index is 0.000000687. The highest BCUT2D eigenvalue weighted by Crippen LogP contribution is 2.38. The zero-order valence-electron chi connectivity index (χ0n) is 32.9. The van der Waals surface area contributed by atoms with Crippen molar-refractivity contribution in [2.24, 2.45) is 0 Å². The number of carbonyl (C=O) groups excluding carboxylic acids is 2. The van der Waals surface area contributed by atoms with Crippen molar-refractivity contribution in [2.45, 2.75) is 34.6 Å². The highest BCUT2D eigenvalue weighted by atomic mass is 16.2. The maximum absolute atomic E-state index is 13.4. The second kappa shape index (κ2) is 20.0. The van der Waals surface area contributed by atoms with E-state index in [2.05, 4.69) is 84.3 Å². The van der Waals surface area contributed by atoms with Gasteiger partial charge in [-0.3, -0.25) is 9.59 Å². The van der Waals surface area contributed by atoms with Crippen LogP contribution in [0.4, 0.5) is 17.1 Å². The predicted octanol–water partition coefficient (Wildman–Crippen LogP) is 14.8. The van der Waals surface area contributed by atoms with Gasteiger partial charge in [0.15, 0.2) is 11.6 Å². The SMILES string of the molecule is C/C=C\C=C/C.C=Cc1cc2c(cc1/C=C\C)C(=O)/C(=C\c1ccc(N(c3ccc(-c4ccccc4)cc3)c3ccc(-c4ccccc4)cc3)cc1)C2=O.CC. The number of carbonyl (C=O) groups is 2. The Morgan fingerprint density at radius 1 is 0.482 bits per heavy atom. The Morgan fingerprint density at radius 2 is 0.875 bits per heavy atom. The summed E-state index contributed by atoms with van der Waals surface area (Å²) in [5.74, 6) is -0.507. The molecule has 56 heavy (non-hydrogen) atoms. The van der Waals surface area contributed by atoms with Crippen LogP contribution >= 0.6 is 0 Å². The molecule has 0 amide bonds. The van der Waals surface area contributed by atoms with Crippen LogP contribution in [0.25, 0.3) is 40.5 Å². The quantitative estimate of drug-likeness (QED) is 0.0844. The third-order valence-corrected chi connectivity index (χ3v) is 9.19. The fourth-order valence-corrected chi connectivity index (χ4v) is 6.46. The normalized spacial score (nSPS) is 12.7. The molecule has 278 valence electrons. The first-order valence-corrected chi connectivity index (χ1v) is 19.1. The van der Waals surface area contributed by atoms with Gasteiger partial charge in [-0.15, -0.1) is 0 Å². The lowest BCUT2D eigenvalue weighted by Crippen LogP contribution is -2.09. The van der Waals surface area contributed by atoms with Gasteiger partial charge < -0.3 is 4.90 Å². The number of nitrogens with zero attached hydrogens (tertiary/aromatic N) is 1. The van der Waals surface area contributed by atoms with Gasteiger partial charge in [-0.25, -0.2) is 0 Å². The van der Waals surface area contributed by atoms with Gasteiger partial charge in [0.2, 0.25) is 0 Å². The zero-order valence-corrected chi connectivity index (χ0v) is 32.9. The Bertz CT molecular complexity index is 2270. The average Bonchev–Trinajstić information content (AvgIpc) is 3.49. The summed E-state index contributed by atoms with van der Waals surface area (Å²) in [6.45, 7) is 13.8. The highest BCUT2D eigenvalue weighted by molar-refractivity contribution is 6.41. The molecule has 0 radical (unpaired) electrons. The molecule has 1 aliphatic rings. The molecule has 0 aromatic heterocycles. The maximum atomic E-state index is 13.4. The van der Waals surface area contributed by atoms with Gasteiger partial charge in [0, 0.05) is 28.2 Å². The summed E-state index contributed by atoms with van der Waals surface area (Å²) in [6, 6.07) is 49.3. The molecule has 0 fully saturated rings. The number of hydrogen-bond acceptors (Lipinski definition) is 3. The van der Waals surface area contributed by atoms with E-state index in [9.17, 15) is 9.59 Å². The molecular formula is C53H49NO2. The lowest BCUT2D eigenvalue weighted by atomic mass is 9.99. The van der Waals surface area contributed by atoms with Crippen molar-refractivity contribution < 1.29 is 9.59 Å². The van der Waals surface area contributed by atoms with Crippen LogP contribution in [0.1, 0.15) is 72.0 Å². The number of rotatable bonds is 9. The van der Waals surface area contributed by atoms with Gasteiger partial charge in [-0.05, 0) is 114 Å². The molecule has 7 rings (SSSR count). The minimum Gasteiger partial charge on any atom is -0.311 e. The van der Waals surface area contributed by atoms with Gasteiger partial charge in [0.25, 0.3) is 0 Å². The molecule has 0 heterocycles. The third-order valence-electron chi connectivity index (χ3n) is 9.19. The first kappa shape index (κ1) is 40.3. The number of allylic oxidation sites excluding steroid dienone is 6. The Labute approximate surface area is 333 Å². The van der Waals surface area contributed by atoms with E-state index in [0.29, 0.717) is 11.1 Å². The van der Waals surface area contributed by atoms with Crippen molar-refractivity contribution >= 4 is 46.9 Å². The van der Waals surface area contributed by atoms with Gasteiger partial charge in [-0.2, -0.15) is 0 Å². The summed E-state index contributed by atoms with van der Waals surface area (Å²) >= 11 is 0. The monoisotopic (exact) mass is 731 g/mol. The summed E-state index contributed by atoms with van der Waals surface area (Å²) in [7, 11) is 0. The van der Waals surface area contributed by atoms with Crippen molar-refractivity contribution in [3.63, 3.8) is 0 Å². The largest absolute Gasteiger partial charge is 0.311 e. The topological polar surface area (TPSA) is 37.4 Å². The summed E-state index contributed by atoms with van der Waals surface area (Å²) in [4.78, 5) is 29.0. The standard InChI is InChI=1S/C45H33NO2.C6H10.C2H6/c1-3-11-37-30-42-41(29-32(37)4-2)44(47)43(45(42)48)28-31-16-22-38(23-17-31)46(39-24-18-35(19-25-39)33-12-7-5-8-13-33)40-26-20-36(21-27-40)34-14-9-6-10-15-34;1-3-5-6-4-2;1-2/h3-30H,2H2,1H3;3-6H,1-2H3;1-2H3/b11-3-,43-28-;5-3-,6-4-;. The van der Waals surface area contributed by atoms with Crippen LogP contribution in [0.3, 0.4) is 0 Å². The number of hydrogen-bond donors (Lipinski definition) is 0. The number of ketones is 2. The smallest absolute Gasteiger partial charge is 0.197 e. The lowest BCUT2D eigenvalue weighted by Gasteiger charge is -2.26. The van der Waals surface area contributed by atoms with E-state index in [1.54, 1.807) is 24.3 Å². The van der Waals surface area contributed by atoms with Gasteiger partial charge in [0.05, 0.1) is 5.57 Å². The fraction of sp³-hybridized carbons (Fsp3) is 0.0943. The summed E-state index contributed by atoms with van der Waals surface area (Å²) in [6.07, 6.45) is 15.2. The van der Waals surface area contributed by atoms with E-state index >= 15 is 0 Å². The van der Waals surface area contributed by atoms with E-state index < -0.39 is 0 Å². The maximum Gasteiger partial charge on any atom is 0.197 e. The molecule has 0 aliphatic heterocycles. The van der Waals surface area contributed by atoms with Crippen LogP contribution in [0.2, 0.25) is 0 Å². The number of benzene rings is 6. The van der Waals surface area contributed by atoms with Gasteiger partial charge in [-0.1, -0.05) is 160 Å². The predicted molar refractivity (Wildman–Crippen MR) is 241 cm³/mol. The van der Waals surface area contributed by atoms with Crippen molar-refractivity contribution in [3.05, 3.63) is 216 Å². The molecule has 0 bridgehead atoms.